The number of aromatic nitrogens is 3. The number of rotatable bonds is 5. The summed E-state index contributed by atoms with van der Waals surface area (Å²) in [6.45, 7) is 0. The molecule has 0 aliphatic heterocycles. The van der Waals surface area contributed by atoms with E-state index in [1.807, 2.05) is 29.5 Å². The van der Waals surface area contributed by atoms with Crippen LogP contribution in [0.2, 0.25) is 0 Å². The molecule has 8 aromatic carbocycles. The molecule has 0 saturated heterocycles. The molecule has 57 heavy (non-hydrogen) atoms. The summed E-state index contributed by atoms with van der Waals surface area (Å²) in [5.41, 5.74) is 12.2. The molecule has 0 unspecified atom stereocenters. The van der Waals surface area contributed by atoms with Gasteiger partial charge in [-0.15, -0.1) is 11.3 Å². The average Bonchev–Trinajstić information content (AvgIpc) is 3.96. The Balaban J connectivity index is 1.10. The van der Waals surface area contributed by atoms with Crippen LogP contribution in [0.1, 0.15) is 0 Å². The molecule has 0 spiro atoms. The molecule has 12 rings (SSSR count). The van der Waals surface area contributed by atoms with Crippen molar-refractivity contribution in [2.75, 3.05) is 0 Å². The first-order chi connectivity index (χ1) is 28.3. The summed E-state index contributed by atoms with van der Waals surface area (Å²) in [6, 6.07) is 66.4. The molecule has 0 aliphatic rings. The van der Waals surface area contributed by atoms with Gasteiger partial charge in [0.2, 0.25) is 0 Å². The van der Waals surface area contributed by atoms with Crippen LogP contribution < -0.4 is 0 Å². The zero-order valence-electron chi connectivity index (χ0n) is 30.6. The van der Waals surface area contributed by atoms with E-state index >= 15 is 0 Å². The van der Waals surface area contributed by atoms with Crippen molar-refractivity contribution in [3.8, 4) is 50.7 Å². The van der Waals surface area contributed by atoms with E-state index in [2.05, 4.69) is 174 Å². The third kappa shape index (κ3) is 4.99. The topological polar surface area (TPSA) is 43.9 Å². The van der Waals surface area contributed by atoms with E-state index in [0.29, 0.717) is 5.82 Å². The molecule has 5 heteroatoms. The lowest BCUT2D eigenvalue weighted by Crippen LogP contribution is -1.96. The molecule has 0 amide bonds. The average molecular weight is 746 g/mol. The lowest BCUT2D eigenvalue weighted by atomic mass is 10.0. The van der Waals surface area contributed by atoms with Crippen molar-refractivity contribution in [2.45, 2.75) is 0 Å². The summed E-state index contributed by atoms with van der Waals surface area (Å²) < 4.78 is 11.4. The van der Waals surface area contributed by atoms with Gasteiger partial charge >= 0.3 is 0 Å². The summed E-state index contributed by atoms with van der Waals surface area (Å²) in [5.74, 6) is 0.630. The lowest BCUT2D eigenvalue weighted by molar-refractivity contribution is 0.669. The normalized spacial score (nSPS) is 11.9. The van der Waals surface area contributed by atoms with Crippen molar-refractivity contribution in [3.63, 3.8) is 0 Å². The predicted octanol–water partition coefficient (Wildman–Crippen LogP) is 14.5. The summed E-state index contributed by atoms with van der Waals surface area (Å²) >= 11 is 1.85. The summed E-state index contributed by atoms with van der Waals surface area (Å²) in [6.07, 6.45) is 0. The molecule has 0 N–H and O–H groups in total. The largest absolute Gasteiger partial charge is 0.455 e. The minimum atomic E-state index is 0.630. The van der Waals surface area contributed by atoms with Crippen molar-refractivity contribution >= 4 is 75.3 Å². The molecule has 12 aromatic rings. The molecule has 0 radical (unpaired) electrons. The number of furan rings is 1. The minimum Gasteiger partial charge on any atom is -0.455 e. The number of fused-ring (bicyclic) bond motifs is 10. The number of nitrogens with zero attached hydrogens (tertiary/aromatic N) is 3. The fraction of sp³-hybridized carbons (Fsp3) is 0. The van der Waals surface area contributed by atoms with Gasteiger partial charge in [-0.1, -0.05) is 146 Å². The maximum absolute atomic E-state index is 6.53. The van der Waals surface area contributed by atoms with Gasteiger partial charge in [0.25, 0.3) is 0 Å². The second kappa shape index (κ2) is 12.6. The monoisotopic (exact) mass is 745 g/mol. The van der Waals surface area contributed by atoms with E-state index in [4.69, 9.17) is 14.4 Å². The van der Waals surface area contributed by atoms with Crippen LogP contribution in [-0.4, -0.2) is 14.5 Å². The van der Waals surface area contributed by atoms with Crippen LogP contribution in [0, 0.1) is 0 Å². The minimum absolute atomic E-state index is 0.630. The Morgan fingerprint density at radius 3 is 1.89 bits per heavy atom. The molecule has 4 heterocycles. The molecule has 4 aromatic heterocycles. The highest BCUT2D eigenvalue weighted by Gasteiger charge is 2.21. The smallest absolute Gasteiger partial charge is 0.164 e. The van der Waals surface area contributed by atoms with Crippen molar-refractivity contribution in [3.05, 3.63) is 188 Å². The Kier molecular flexibility index (Phi) is 7.06. The molecule has 266 valence electrons. The highest BCUT2D eigenvalue weighted by Crippen LogP contribution is 2.46. The van der Waals surface area contributed by atoms with Gasteiger partial charge in [0, 0.05) is 58.5 Å². The van der Waals surface area contributed by atoms with Crippen LogP contribution in [0.3, 0.4) is 0 Å². The number of thiophene rings is 1. The van der Waals surface area contributed by atoms with E-state index in [9.17, 15) is 0 Å². The Morgan fingerprint density at radius 2 is 1.05 bits per heavy atom. The number of para-hydroxylation sites is 4. The molecule has 0 fully saturated rings. The Hall–Kier alpha value is -7.34. The van der Waals surface area contributed by atoms with Gasteiger partial charge in [-0.05, 0) is 53.6 Å². The fourth-order valence-corrected chi connectivity index (χ4v) is 9.98. The van der Waals surface area contributed by atoms with Crippen LogP contribution in [0.15, 0.2) is 192 Å². The standard InChI is InChI=1S/C52H31N3OS/c1-3-13-32(14-4-1)33-25-27-34(28-26-33)43-31-44(54-52(53-43)42-22-11-19-37-36-17-8-10-24-47(36)56-49(37)42)40-21-12-20-38-39-29-30-46-48(51(39)57-50(38)40)41-18-7-9-23-45(41)55(46)35-15-5-2-6-16-35/h1-31H. The zero-order chi connectivity index (χ0) is 37.5. The van der Waals surface area contributed by atoms with Crippen molar-refractivity contribution in [2.24, 2.45) is 0 Å². The highest BCUT2D eigenvalue weighted by molar-refractivity contribution is 7.27. The molecule has 0 aliphatic carbocycles. The Bertz CT molecular complexity index is 3510. The maximum Gasteiger partial charge on any atom is 0.164 e. The Morgan fingerprint density at radius 1 is 0.421 bits per heavy atom. The van der Waals surface area contributed by atoms with Crippen LogP contribution >= 0.6 is 11.3 Å². The highest BCUT2D eigenvalue weighted by atomic mass is 32.1. The number of hydrogen-bond donors (Lipinski definition) is 0. The second-order valence-electron chi connectivity index (χ2n) is 14.5. The van der Waals surface area contributed by atoms with Crippen molar-refractivity contribution < 1.29 is 4.42 Å². The van der Waals surface area contributed by atoms with Crippen LogP contribution in [0.4, 0.5) is 0 Å². The van der Waals surface area contributed by atoms with Crippen LogP contribution in [0.25, 0.3) is 115 Å². The molecule has 0 atom stereocenters. The van der Waals surface area contributed by atoms with Gasteiger partial charge in [-0.2, -0.15) is 0 Å². The SMILES string of the molecule is c1ccc(-c2ccc(-c3cc(-c4cccc5c4sc4c5ccc5c4c4ccccc4n5-c4ccccc4)nc(-c4cccc5c4oc4ccccc45)n3)cc2)cc1. The molecule has 0 bridgehead atoms. The molecule has 4 nitrogen and oxygen atoms in total. The molecular weight excluding hydrogens is 715 g/mol. The van der Waals surface area contributed by atoms with Crippen molar-refractivity contribution in [1.82, 2.24) is 14.5 Å². The maximum atomic E-state index is 6.53. The Labute approximate surface area is 331 Å². The second-order valence-corrected chi connectivity index (χ2v) is 15.5. The first kappa shape index (κ1) is 32.0. The number of benzene rings is 8. The van der Waals surface area contributed by atoms with E-state index in [-0.39, 0.29) is 0 Å². The van der Waals surface area contributed by atoms with Crippen LogP contribution in [-0.2, 0) is 0 Å². The summed E-state index contributed by atoms with van der Waals surface area (Å²) in [4.78, 5) is 10.7. The van der Waals surface area contributed by atoms with E-state index in [1.165, 1.54) is 47.5 Å². The van der Waals surface area contributed by atoms with E-state index < -0.39 is 0 Å². The van der Waals surface area contributed by atoms with Gasteiger partial charge in [0.15, 0.2) is 5.82 Å². The molecular formula is C52H31N3OS. The lowest BCUT2D eigenvalue weighted by Gasteiger charge is -2.11. The fourth-order valence-electron chi connectivity index (χ4n) is 8.61. The number of hydrogen-bond acceptors (Lipinski definition) is 4. The third-order valence-electron chi connectivity index (χ3n) is 11.2. The van der Waals surface area contributed by atoms with E-state index in [0.717, 1.165) is 61.3 Å². The quantitative estimate of drug-likeness (QED) is 0.176. The zero-order valence-corrected chi connectivity index (χ0v) is 31.4. The molecule has 0 saturated carbocycles. The van der Waals surface area contributed by atoms with Gasteiger partial charge in [-0.25, -0.2) is 9.97 Å². The van der Waals surface area contributed by atoms with Crippen LogP contribution in [0.5, 0.6) is 0 Å². The summed E-state index contributed by atoms with van der Waals surface area (Å²) in [7, 11) is 0. The first-order valence-corrected chi connectivity index (χ1v) is 20.0. The van der Waals surface area contributed by atoms with E-state index in [1.54, 1.807) is 0 Å². The first-order valence-electron chi connectivity index (χ1n) is 19.2. The summed E-state index contributed by atoms with van der Waals surface area (Å²) in [5, 5.41) is 7.13. The third-order valence-corrected chi connectivity index (χ3v) is 12.5. The van der Waals surface area contributed by atoms with Crippen molar-refractivity contribution in [1.29, 1.82) is 0 Å². The van der Waals surface area contributed by atoms with Gasteiger partial charge in [0.05, 0.1) is 28.0 Å². The van der Waals surface area contributed by atoms with Gasteiger partial charge in [0.1, 0.15) is 11.2 Å². The predicted molar refractivity (Wildman–Crippen MR) is 238 cm³/mol. The van der Waals surface area contributed by atoms with Gasteiger partial charge < -0.3 is 8.98 Å². The van der Waals surface area contributed by atoms with Gasteiger partial charge in [-0.3, -0.25) is 0 Å².